The first-order valence-corrected chi connectivity index (χ1v) is 8.44. The van der Waals surface area contributed by atoms with E-state index < -0.39 is 17.7 Å². The summed E-state index contributed by atoms with van der Waals surface area (Å²) in [6, 6.07) is 7.20. The zero-order valence-corrected chi connectivity index (χ0v) is 14.7. The van der Waals surface area contributed by atoms with E-state index in [1.54, 1.807) is 18.2 Å². The summed E-state index contributed by atoms with van der Waals surface area (Å²) in [5.41, 5.74) is 0.368. The van der Waals surface area contributed by atoms with Crippen molar-refractivity contribution in [3.63, 3.8) is 0 Å². The first-order valence-electron chi connectivity index (χ1n) is 8.03. The fourth-order valence-electron chi connectivity index (χ4n) is 2.41. The Hall–Kier alpha value is -2.11. The highest BCUT2D eigenvalue weighted by atomic mass is 32.1. The fraction of sp³-hybridized carbons (Fsp3) is 0.444. The molecule has 1 amide bonds. The summed E-state index contributed by atoms with van der Waals surface area (Å²) in [5, 5.41) is 12.6. The predicted molar refractivity (Wildman–Crippen MR) is 93.4 cm³/mol. The number of halogens is 3. The summed E-state index contributed by atoms with van der Waals surface area (Å²) in [5.74, 6) is 3.81. The number of alkyl halides is 3. The van der Waals surface area contributed by atoms with Crippen LogP contribution in [0.2, 0.25) is 0 Å². The lowest BCUT2D eigenvalue weighted by Crippen LogP contribution is -2.37. The summed E-state index contributed by atoms with van der Waals surface area (Å²) in [6.07, 6.45) is -3.43. The van der Waals surface area contributed by atoms with Gasteiger partial charge in [-0.2, -0.15) is 13.2 Å². The summed E-state index contributed by atoms with van der Waals surface area (Å²) in [7, 11) is 0. The van der Waals surface area contributed by atoms with Crippen molar-refractivity contribution < 1.29 is 27.8 Å². The molecule has 1 unspecified atom stereocenters. The molecule has 0 spiro atoms. The Morgan fingerprint density at radius 2 is 2.19 bits per heavy atom. The second kappa shape index (κ2) is 8.52. The van der Waals surface area contributed by atoms with Crippen LogP contribution in [0.5, 0.6) is 0 Å². The van der Waals surface area contributed by atoms with Crippen LogP contribution in [0.4, 0.5) is 13.2 Å². The monoisotopic (exact) mass is 385 g/mol. The van der Waals surface area contributed by atoms with Gasteiger partial charge in [-0.05, 0) is 42.8 Å². The van der Waals surface area contributed by atoms with Crippen molar-refractivity contribution in [2.75, 3.05) is 13.2 Å². The maximum atomic E-state index is 12.1. The van der Waals surface area contributed by atoms with Crippen LogP contribution in [-0.2, 0) is 16.0 Å². The summed E-state index contributed by atoms with van der Waals surface area (Å²) < 4.78 is 41.4. The summed E-state index contributed by atoms with van der Waals surface area (Å²) in [4.78, 5) is 10.7. The Kier molecular flexibility index (Phi) is 6.62. The van der Waals surface area contributed by atoms with Gasteiger partial charge in [-0.25, -0.2) is 0 Å². The molecule has 0 radical (unpaired) electrons. The molecule has 1 fully saturated rings. The molecule has 4 nitrogen and oxygen atoms in total. The van der Waals surface area contributed by atoms with E-state index in [1.165, 1.54) is 0 Å². The maximum absolute atomic E-state index is 12.1. The highest BCUT2D eigenvalue weighted by Gasteiger charge is 2.38. The normalized spacial score (nSPS) is 19.9. The van der Waals surface area contributed by atoms with E-state index in [0.29, 0.717) is 36.5 Å². The van der Waals surface area contributed by atoms with E-state index in [9.17, 15) is 23.1 Å². The third-order valence-corrected chi connectivity index (χ3v) is 4.03. The minimum atomic E-state index is -4.86. The second-order valence-corrected chi connectivity index (χ2v) is 6.44. The average Bonchev–Trinajstić information content (AvgIpc) is 2.56. The zero-order valence-electron chi connectivity index (χ0n) is 13.9. The number of carbonyl (C=O) groups excluding carboxylic acids is 1. The van der Waals surface area contributed by atoms with Crippen molar-refractivity contribution in [3.05, 3.63) is 35.4 Å². The standard InChI is InChI=1S/C18H18F3NO3S/c19-18(20,21)16(23)22-9-2-5-13-3-1-4-14(11-13)6-7-17(24)8-10-25-15(26)12-17/h1,3-4,11,24H,2,5,8-10,12H2,(H,22,23). The third kappa shape index (κ3) is 6.32. The largest absolute Gasteiger partial charge is 0.487 e. The van der Waals surface area contributed by atoms with Gasteiger partial charge in [-0.1, -0.05) is 24.0 Å². The number of aryl methyl sites for hydroxylation is 1. The summed E-state index contributed by atoms with van der Waals surface area (Å²) >= 11 is 4.96. The number of thiocarbonyl (C=S) groups is 1. The molecule has 1 aromatic carbocycles. The number of hydrogen-bond acceptors (Lipinski definition) is 4. The molecular formula is C18H18F3NO3S. The Labute approximate surface area is 154 Å². The first-order chi connectivity index (χ1) is 12.2. The molecule has 1 saturated heterocycles. The number of amides is 1. The number of ether oxygens (including phenoxy) is 1. The lowest BCUT2D eigenvalue weighted by Gasteiger charge is -2.27. The molecule has 140 valence electrons. The lowest BCUT2D eigenvalue weighted by atomic mass is 9.94. The molecule has 0 aromatic heterocycles. The molecular weight excluding hydrogens is 367 g/mol. The van der Waals surface area contributed by atoms with Crippen molar-refractivity contribution in [1.82, 2.24) is 5.32 Å². The van der Waals surface area contributed by atoms with Crippen LogP contribution in [0.15, 0.2) is 24.3 Å². The smallest absolute Gasteiger partial charge is 0.471 e. The van der Waals surface area contributed by atoms with Gasteiger partial charge >= 0.3 is 12.1 Å². The van der Waals surface area contributed by atoms with Gasteiger partial charge in [-0.15, -0.1) is 0 Å². The van der Waals surface area contributed by atoms with Gasteiger partial charge in [0.2, 0.25) is 0 Å². The van der Waals surface area contributed by atoms with Crippen LogP contribution in [0.25, 0.3) is 0 Å². The van der Waals surface area contributed by atoms with E-state index in [2.05, 4.69) is 11.8 Å². The molecule has 1 heterocycles. The zero-order chi connectivity index (χ0) is 19.2. The molecule has 1 atom stereocenters. The van der Waals surface area contributed by atoms with Gasteiger partial charge in [0.1, 0.15) is 5.60 Å². The maximum Gasteiger partial charge on any atom is 0.471 e. The van der Waals surface area contributed by atoms with Crippen molar-refractivity contribution in [2.24, 2.45) is 0 Å². The molecule has 2 N–H and O–H groups in total. The minimum Gasteiger partial charge on any atom is -0.487 e. The van der Waals surface area contributed by atoms with Gasteiger partial charge in [0, 0.05) is 18.5 Å². The molecule has 1 aliphatic rings. The Bertz CT molecular complexity index is 739. The van der Waals surface area contributed by atoms with Crippen molar-refractivity contribution in [3.8, 4) is 11.8 Å². The quantitative estimate of drug-likeness (QED) is 0.475. The van der Waals surface area contributed by atoms with Gasteiger partial charge in [0.05, 0.1) is 13.0 Å². The van der Waals surface area contributed by atoms with E-state index in [1.807, 2.05) is 11.4 Å². The van der Waals surface area contributed by atoms with E-state index in [4.69, 9.17) is 17.0 Å². The van der Waals surface area contributed by atoms with Crippen LogP contribution in [0, 0.1) is 11.8 Å². The van der Waals surface area contributed by atoms with Gasteiger partial charge < -0.3 is 15.2 Å². The predicted octanol–water partition coefficient (Wildman–Crippen LogP) is 2.52. The highest BCUT2D eigenvalue weighted by Crippen LogP contribution is 2.21. The van der Waals surface area contributed by atoms with E-state index in [-0.39, 0.29) is 13.0 Å². The SMILES string of the molecule is O=C(NCCCc1cccc(C#CC2(O)CCOC(=S)C2)c1)C(F)(F)F. The Morgan fingerprint density at radius 1 is 1.42 bits per heavy atom. The van der Waals surface area contributed by atoms with Crippen LogP contribution in [0.1, 0.15) is 30.4 Å². The molecule has 1 aromatic rings. The molecule has 26 heavy (non-hydrogen) atoms. The van der Waals surface area contributed by atoms with Crippen LogP contribution in [-0.4, -0.2) is 41.0 Å². The van der Waals surface area contributed by atoms with Crippen LogP contribution < -0.4 is 5.32 Å². The first kappa shape index (κ1) is 20.2. The van der Waals surface area contributed by atoms with Crippen LogP contribution in [0.3, 0.4) is 0 Å². The van der Waals surface area contributed by atoms with Gasteiger partial charge in [-0.3, -0.25) is 4.79 Å². The number of rotatable bonds is 4. The molecule has 0 bridgehead atoms. The van der Waals surface area contributed by atoms with Crippen molar-refractivity contribution in [2.45, 2.75) is 37.5 Å². The minimum absolute atomic E-state index is 0.0640. The summed E-state index contributed by atoms with van der Waals surface area (Å²) in [6.45, 7) is 0.263. The number of benzene rings is 1. The Morgan fingerprint density at radius 3 is 2.88 bits per heavy atom. The molecule has 2 rings (SSSR count). The Balaban J connectivity index is 1.89. The molecule has 0 aliphatic carbocycles. The highest BCUT2D eigenvalue weighted by molar-refractivity contribution is 7.80. The lowest BCUT2D eigenvalue weighted by molar-refractivity contribution is -0.173. The molecule has 8 heteroatoms. The van der Waals surface area contributed by atoms with Gasteiger partial charge in [0.15, 0.2) is 5.05 Å². The number of aliphatic hydroxyl groups is 1. The van der Waals surface area contributed by atoms with Crippen LogP contribution >= 0.6 is 12.2 Å². The van der Waals surface area contributed by atoms with Gasteiger partial charge in [0.25, 0.3) is 0 Å². The molecule has 0 saturated carbocycles. The number of hydrogen-bond donors (Lipinski definition) is 2. The number of carbonyl (C=O) groups is 1. The third-order valence-electron chi connectivity index (χ3n) is 3.77. The second-order valence-electron chi connectivity index (χ2n) is 5.99. The van der Waals surface area contributed by atoms with Crippen molar-refractivity contribution in [1.29, 1.82) is 0 Å². The van der Waals surface area contributed by atoms with E-state index in [0.717, 1.165) is 5.56 Å². The van der Waals surface area contributed by atoms with E-state index >= 15 is 0 Å². The van der Waals surface area contributed by atoms with Crippen molar-refractivity contribution >= 4 is 23.2 Å². The molecule has 1 aliphatic heterocycles. The topological polar surface area (TPSA) is 58.6 Å². The fourth-order valence-corrected chi connectivity index (χ4v) is 2.73. The average molecular weight is 385 g/mol. The number of nitrogens with one attached hydrogen (secondary N) is 1.